The van der Waals surface area contributed by atoms with Gasteiger partial charge in [0.2, 0.25) is 0 Å². The van der Waals surface area contributed by atoms with Gasteiger partial charge in [-0.25, -0.2) is 0 Å². The average molecular weight is 201 g/mol. The Kier molecular flexibility index (Phi) is 6.38. The van der Waals surface area contributed by atoms with E-state index in [1.165, 1.54) is 6.42 Å². The first-order valence-corrected chi connectivity index (χ1v) is 5.71. The number of hydrogen-bond donors (Lipinski definition) is 1. The summed E-state index contributed by atoms with van der Waals surface area (Å²) in [5.41, 5.74) is 0.00216. The quantitative estimate of drug-likeness (QED) is 0.684. The molecule has 0 radical (unpaired) electrons. The summed E-state index contributed by atoms with van der Waals surface area (Å²) in [7, 11) is 1.78. The molecule has 0 bridgehead atoms. The molecule has 2 unspecified atom stereocenters. The average Bonchev–Trinajstić information content (AvgIpc) is 2.16. The maximum atomic E-state index is 5.37. The van der Waals surface area contributed by atoms with Crippen LogP contribution in [0.1, 0.15) is 47.5 Å². The monoisotopic (exact) mass is 201 g/mol. The van der Waals surface area contributed by atoms with E-state index in [9.17, 15) is 0 Å². The molecule has 0 rings (SSSR count). The molecule has 0 aliphatic carbocycles. The molecule has 0 aromatic rings. The summed E-state index contributed by atoms with van der Waals surface area (Å²) in [4.78, 5) is 0. The Morgan fingerprint density at radius 1 is 1.29 bits per heavy atom. The van der Waals surface area contributed by atoms with Gasteiger partial charge >= 0.3 is 0 Å². The molecule has 0 heterocycles. The summed E-state index contributed by atoms with van der Waals surface area (Å²) in [6, 6.07) is 0.604. The highest BCUT2D eigenvalue weighted by atomic mass is 16.5. The first kappa shape index (κ1) is 13.9. The van der Waals surface area contributed by atoms with Gasteiger partial charge in [-0.1, -0.05) is 20.3 Å². The Morgan fingerprint density at radius 3 is 2.29 bits per heavy atom. The van der Waals surface area contributed by atoms with E-state index in [0.29, 0.717) is 6.04 Å². The van der Waals surface area contributed by atoms with E-state index in [0.717, 1.165) is 18.9 Å². The van der Waals surface area contributed by atoms with Crippen LogP contribution in [-0.4, -0.2) is 25.3 Å². The van der Waals surface area contributed by atoms with Crippen LogP contribution in [0.25, 0.3) is 0 Å². The van der Waals surface area contributed by atoms with Crippen LogP contribution in [0.5, 0.6) is 0 Å². The van der Waals surface area contributed by atoms with Crippen molar-refractivity contribution in [2.24, 2.45) is 5.92 Å². The summed E-state index contributed by atoms with van der Waals surface area (Å²) in [6.07, 6.45) is 2.30. The predicted octanol–water partition coefficient (Wildman–Crippen LogP) is 2.83. The van der Waals surface area contributed by atoms with E-state index in [1.807, 2.05) is 0 Å². The first-order chi connectivity index (χ1) is 6.43. The Labute approximate surface area is 89.4 Å². The minimum Gasteiger partial charge on any atom is -0.379 e. The van der Waals surface area contributed by atoms with Gasteiger partial charge in [-0.05, 0) is 39.7 Å². The van der Waals surface area contributed by atoms with Crippen LogP contribution in [0.15, 0.2) is 0 Å². The highest BCUT2D eigenvalue weighted by Gasteiger charge is 2.16. The number of methoxy groups -OCH3 is 1. The molecule has 2 heteroatoms. The van der Waals surface area contributed by atoms with Gasteiger partial charge in [0.15, 0.2) is 0 Å². The lowest BCUT2D eigenvalue weighted by molar-refractivity contribution is 0.0151. The molecule has 0 saturated heterocycles. The normalized spacial score (nSPS) is 16.7. The van der Waals surface area contributed by atoms with E-state index in [1.54, 1.807) is 7.11 Å². The summed E-state index contributed by atoms with van der Waals surface area (Å²) < 4.78 is 5.37. The van der Waals surface area contributed by atoms with Crippen molar-refractivity contribution in [3.05, 3.63) is 0 Å². The van der Waals surface area contributed by atoms with Gasteiger partial charge in [0.1, 0.15) is 0 Å². The van der Waals surface area contributed by atoms with Crippen molar-refractivity contribution in [1.82, 2.24) is 5.32 Å². The molecule has 0 aromatic carbocycles. The molecular weight excluding hydrogens is 174 g/mol. The zero-order chi connectivity index (χ0) is 11.2. The fourth-order valence-corrected chi connectivity index (χ4v) is 1.26. The molecule has 2 atom stereocenters. The zero-order valence-electron chi connectivity index (χ0n) is 10.7. The van der Waals surface area contributed by atoms with E-state index < -0.39 is 0 Å². The number of nitrogens with one attached hydrogen (secondary N) is 1. The van der Waals surface area contributed by atoms with Gasteiger partial charge in [0, 0.05) is 13.2 Å². The molecule has 2 nitrogen and oxygen atoms in total. The second-order valence-corrected chi connectivity index (χ2v) is 4.84. The zero-order valence-corrected chi connectivity index (χ0v) is 10.7. The molecule has 14 heavy (non-hydrogen) atoms. The predicted molar refractivity (Wildman–Crippen MR) is 62.6 cm³/mol. The third kappa shape index (κ3) is 5.61. The molecule has 0 aromatic heterocycles. The third-order valence-electron chi connectivity index (χ3n) is 3.24. The summed E-state index contributed by atoms with van der Waals surface area (Å²) in [5.74, 6) is 0.751. The Balaban J connectivity index is 3.63. The van der Waals surface area contributed by atoms with Crippen molar-refractivity contribution in [3.8, 4) is 0 Å². The first-order valence-electron chi connectivity index (χ1n) is 5.71. The van der Waals surface area contributed by atoms with Crippen molar-refractivity contribution in [3.63, 3.8) is 0 Å². The van der Waals surface area contributed by atoms with Gasteiger partial charge < -0.3 is 10.1 Å². The Bertz CT molecular complexity index is 145. The Hall–Kier alpha value is -0.0800. The highest BCUT2D eigenvalue weighted by Crippen LogP contribution is 2.12. The number of ether oxygens (including phenoxy) is 1. The highest BCUT2D eigenvalue weighted by molar-refractivity contribution is 4.72. The summed E-state index contributed by atoms with van der Waals surface area (Å²) in [6.45, 7) is 12.1. The van der Waals surface area contributed by atoms with Gasteiger partial charge in [-0.3, -0.25) is 0 Å². The molecule has 0 amide bonds. The minimum absolute atomic E-state index is 0.00216. The van der Waals surface area contributed by atoms with Crippen molar-refractivity contribution in [1.29, 1.82) is 0 Å². The molecule has 0 saturated carbocycles. The second kappa shape index (κ2) is 6.41. The fourth-order valence-electron chi connectivity index (χ4n) is 1.26. The topological polar surface area (TPSA) is 21.3 Å². The molecule has 0 aliphatic heterocycles. The smallest absolute Gasteiger partial charge is 0.0634 e. The van der Waals surface area contributed by atoms with E-state index in [-0.39, 0.29) is 5.60 Å². The van der Waals surface area contributed by atoms with Crippen molar-refractivity contribution in [2.75, 3.05) is 13.7 Å². The maximum Gasteiger partial charge on any atom is 0.0634 e. The lowest BCUT2D eigenvalue weighted by Crippen LogP contribution is -2.36. The van der Waals surface area contributed by atoms with Gasteiger partial charge in [-0.2, -0.15) is 0 Å². The molecule has 0 aliphatic rings. The van der Waals surface area contributed by atoms with Crippen LogP contribution < -0.4 is 5.32 Å². The van der Waals surface area contributed by atoms with Crippen LogP contribution in [0.4, 0.5) is 0 Å². The van der Waals surface area contributed by atoms with Crippen LogP contribution in [0.2, 0.25) is 0 Å². The van der Waals surface area contributed by atoms with Crippen molar-refractivity contribution in [2.45, 2.75) is 59.1 Å². The SMILES string of the molecule is CCC(C)C(C)NCCC(C)(C)OC. The van der Waals surface area contributed by atoms with Gasteiger partial charge in [0.05, 0.1) is 5.60 Å². The van der Waals surface area contributed by atoms with E-state index in [2.05, 4.69) is 39.9 Å². The fraction of sp³-hybridized carbons (Fsp3) is 1.00. The molecule has 0 fully saturated rings. The molecule has 1 N–H and O–H groups in total. The van der Waals surface area contributed by atoms with E-state index >= 15 is 0 Å². The van der Waals surface area contributed by atoms with Gasteiger partial charge in [0.25, 0.3) is 0 Å². The second-order valence-electron chi connectivity index (χ2n) is 4.84. The summed E-state index contributed by atoms with van der Waals surface area (Å²) >= 11 is 0. The molecule has 0 spiro atoms. The molecular formula is C12H27NO. The van der Waals surface area contributed by atoms with Gasteiger partial charge in [-0.15, -0.1) is 0 Å². The minimum atomic E-state index is 0.00216. The maximum absolute atomic E-state index is 5.37. The Morgan fingerprint density at radius 2 is 1.86 bits per heavy atom. The number of rotatable bonds is 7. The lowest BCUT2D eigenvalue weighted by Gasteiger charge is -2.25. The van der Waals surface area contributed by atoms with Crippen molar-refractivity contribution < 1.29 is 4.74 Å². The van der Waals surface area contributed by atoms with Crippen LogP contribution in [-0.2, 0) is 4.74 Å². The summed E-state index contributed by atoms with van der Waals surface area (Å²) in [5, 5.41) is 3.54. The van der Waals surface area contributed by atoms with Crippen LogP contribution >= 0.6 is 0 Å². The van der Waals surface area contributed by atoms with Crippen LogP contribution in [0, 0.1) is 5.92 Å². The van der Waals surface area contributed by atoms with Crippen molar-refractivity contribution >= 4 is 0 Å². The molecule has 86 valence electrons. The lowest BCUT2D eigenvalue weighted by atomic mass is 10.00. The van der Waals surface area contributed by atoms with Crippen LogP contribution in [0.3, 0.4) is 0 Å². The standard InChI is InChI=1S/C12H27NO/c1-7-10(2)11(3)13-9-8-12(4,5)14-6/h10-11,13H,7-9H2,1-6H3. The van der Waals surface area contributed by atoms with E-state index in [4.69, 9.17) is 4.74 Å². The third-order valence-corrected chi connectivity index (χ3v) is 3.24. The largest absolute Gasteiger partial charge is 0.379 e. The number of hydrogen-bond acceptors (Lipinski definition) is 2.